The summed E-state index contributed by atoms with van der Waals surface area (Å²) in [6, 6.07) is -0.0245. The van der Waals surface area contributed by atoms with Gasteiger partial charge in [0.15, 0.2) is 0 Å². The molecule has 1 aliphatic rings. The van der Waals surface area contributed by atoms with E-state index in [1.807, 2.05) is 6.92 Å². The fraction of sp³-hybridized carbons (Fsp3) is 0.647. The number of alkyl halides is 2. The van der Waals surface area contributed by atoms with E-state index in [0.717, 1.165) is 0 Å². The van der Waals surface area contributed by atoms with Gasteiger partial charge < -0.3 is 27.8 Å². The molecule has 1 amide bonds. The molecule has 0 saturated heterocycles. The molecule has 0 bridgehead atoms. The Morgan fingerprint density at radius 3 is 2.42 bits per heavy atom. The summed E-state index contributed by atoms with van der Waals surface area (Å²) in [6.07, 6.45) is 2.85. The van der Waals surface area contributed by atoms with E-state index < -0.39 is 11.8 Å². The van der Waals surface area contributed by atoms with E-state index in [4.69, 9.17) is 17.2 Å². The molecule has 0 spiro atoms. The van der Waals surface area contributed by atoms with Crippen LogP contribution in [-0.4, -0.2) is 43.7 Å². The maximum absolute atomic E-state index is 13.2. The van der Waals surface area contributed by atoms with Gasteiger partial charge in [-0.25, -0.2) is 8.78 Å². The molecule has 0 aliphatic heterocycles. The van der Waals surface area contributed by atoms with Gasteiger partial charge >= 0.3 is 0 Å². The van der Waals surface area contributed by atoms with Crippen molar-refractivity contribution in [2.45, 2.75) is 51.0 Å². The van der Waals surface area contributed by atoms with Crippen LogP contribution in [0.2, 0.25) is 0 Å². The highest BCUT2D eigenvalue weighted by molar-refractivity contribution is 6.09. The second-order valence-corrected chi connectivity index (χ2v) is 6.30. The number of hydrogen-bond acceptors (Lipinski definition) is 6. The van der Waals surface area contributed by atoms with E-state index in [9.17, 15) is 13.6 Å². The first-order valence-electron chi connectivity index (χ1n) is 8.77. The van der Waals surface area contributed by atoms with Gasteiger partial charge in [-0.1, -0.05) is 6.92 Å². The van der Waals surface area contributed by atoms with Gasteiger partial charge in [-0.2, -0.15) is 0 Å². The quantitative estimate of drug-likeness (QED) is 0.316. The summed E-state index contributed by atoms with van der Waals surface area (Å²) < 4.78 is 26.5. The van der Waals surface area contributed by atoms with Crippen molar-refractivity contribution in [2.75, 3.05) is 20.1 Å². The number of carbonyl (C=O) groups is 1. The van der Waals surface area contributed by atoms with Crippen molar-refractivity contribution in [3.63, 3.8) is 0 Å². The van der Waals surface area contributed by atoms with Crippen LogP contribution in [0.15, 0.2) is 28.2 Å². The number of hydrogen-bond donors (Lipinski definition) is 5. The van der Waals surface area contributed by atoms with Crippen molar-refractivity contribution in [2.24, 2.45) is 22.2 Å². The molecular formula is C17H30F2N6O. The van der Waals surface area contributed by atoms with Crippen LogP contribution in [0.5, 0.6) is 0 Å². The van der Waals surface area contributed by atoms with Gasteiger partial charge in [-0.05, 0) is 25.3 Å². The second-order valence-electron chi connectivity index (χ2n) is 6.30. The molecule has 1 aliphatic carbocycles. The molecule has 1 rings (SSSR count). The molecule has 9 heteroatoms. The van der Waals surface area contributed by atoms with Crippen LogP contribution in [-0.2, 0) is 4.79 Å². The average molecular weight is 372 g/mol. The summed E-state index contributed by atoms with van der Waals surface area (Å²) in [7, 11) is 1.57. The highest BCUT2D eigenvalue weighted by atomic mass is 19.3. The molecule has 1 saturated carbocycles. The number of rotatable bonds is 8. The average Bonchev–Trinajstić information content (AvgIpc) is 2.59. The van der Waals surface area contributed by atoms with Gasteiger partial charge in [-0.3, -0.25) is 9.79 Å². The van der Waals surface area contributed by atoms with Crippen LogP contribution in [0.3, 0.4) is 0 Å². The predicted molar refractivity (Wildman–Crippen MR) is 99.5 cm³/mol. The predicted octanol–water partition coefficient (Wildman–Crippen LogP) is 0.723. The van der Waals surface area contributed by atoms with E-state index in [2.05, 4.69) is 15.6 Å². The van der Waals surface area contributed by atoms with E-state index in [0.29, 0.717) is 37.1 Å². The Kier molecular flexibility index (Phi) is 8.67. The third kappa shape index (κ3) is 6.72. The van der Waals surface area contributed by atoms with Crippen molar-refractivity contribution in [3.05, 3.63) is 23.2 Å². The Hall–Kier alpha value is -2.00. The first-order chi connectivity index (χ1) is 12.2. The van der Waals surface area contributed by atoms with E-state index in [1.54, 1.807) is 13.1 Å². The van der Waals surface area contributed by atoms with Crippen LogP contribution < -0.4 is 27.8 Å². The Balaban J connectivity index is 2.75. The molecule has 26 heavy (non-hydrogen) atoms. The standard InChI is InChI=1S/C17H30F2N6O/c1-3-4-14(21)25-16(26)15(22)12(9-20)13(23-2)10-24-11-5-7-17(18,19)8-6-11/h4,11,24H,3,5-10,20-22H2,1-2H3,(H,25,26)/b14-4+,15-12?,23-13?. The van der Waals surface area contributed by atoms with Crippen LogP contribution in [0.4, 0.5) is 8.78 Å². The SMILES string of the molecule is CC/C=C(\N)NC(=O)C(N)=C(CN)C(CNC1CCC(F)(F)CC1)=NC. The smallest absolute Gasteiger partial charge is 0.273 e. The number of halogens is 2. The first kappa shape index (κ1) is 22.0. The minimum Gasteiger partial charge on any atom is -0.394 e. The van der Waals surface area contributed by atoms with Gasteiger partial charge in [0.2, 0.25) is 5.92 Å². The first-order valence-corrected chi connectivity index (χ1v) is 8.77. The highest BCUT2D eigenvalue weighted by Gasteiger charge is 2.34. The van der Waals surface area contributed by atoms with Crippen LogP contribution in [0, 0.1) is 0 Å². The second kappa shape index (κ2) is 10.2. The molecular weight excluding hydrogens is 342 g/mol. The topological polar surface area (TPSA) is 132 Å². The van der Waals surface area contributed by atoms with Crippen molar-refractivity contribution in [3.8, 4) is 0 Å². The monoisotopic (exact) mass is 372 g/mol. The Morgan fingerprint density at radius 2 is 1.92 bits per heavy atom. The molecule has 0 aromatic rings. The lowest BCUT2D eigenvalue weighted by atomic mass is 9.92. The fourth-order valence-corrected chi connectivity index (χ4v) is 2.80. The van der Waals surface area contributed by atoms with Crippen LogP contribution in [0.25, 0.3) is 0 Å². The summed E-state index contributed by atoms with van der Waals surface area (Å²) in [5.41, 5.74) is 18.2. The summed E-state index contributed by atoms with van der Waals surface area (Å²) in [5, 5.41) is 5.69. The van der Waals surface area contributed by atoms with Gasteiger partial charge in [0.25, 0.3) is 5.91 Å². The van der Waals surface area contributed by atoms with E-state index in [1.165, 1.54) is 0 Å². The fourth-order valence-electron chi connectivity index (χ4n) is 2.80. The van der Waals surface area contributed by atoms with Gasteiger partial charge in [-0.15, -0.1) is 0 Å². The largest absolute Gasteiger partial charge is 0.394 e. The maximum atomic E-state index is 13.2. The lowest BCUT2D eigenvalue weighted by Crippen LogP contribution is -2.41. The summed E-state index contributed by atoms with van der Waals surface area (Å²) in [4.78, 5) is 16.4. The van der Waals surface area contributed by atoms with Crippen molar-refractivity contribution >= 4 is 11.6 Å². The molecule has 0 unspecified atom stereocenters. The van der Waals surface area contributed by atoms with Crippen molar-refractivity contribution in [1.29, 1.82) is 0 Å². The number of allylic oxidation sites excluding steroid dienone is 1. The van der Waals surface area contributed by atoms with Gasteiger partial charge in [0.05, 0.1) is 11.5 Å². The Labute approximate surface area is 153 Å². The number of aliphatic imine (C=N–C) groups is 1. The lowest BCUT2D eigenvalue weighted by Gasteiger charge is -2.29. The molecule has 0 heterocycles. The third-order valence-electron chi connectivity index (χ3n) is 4.35. The highest BCUT2D eigenvalue weighted by Crippen LogP contribution is 2.32. The zero-order valence-electron chi connectivity index (χ0n) is 15.4. The number of amides is 1. The van der Waals surface area contributed by atoms with Gasteiger partial charge in [0.1, 0.15) is 5.70 Å². The van der Waals surface area contributed by atoms with Crippen molar-refractivity contribution < 1.29 is 13.6 Å². The number of nitrogens with zero attached hydrogens (tertiary/aromatic N) is 1. The molecule has 7 nitrogen and oxygen atoms in total. The van der Waals surface area contributed by atoms with Crippen LogP contribution in [0.1, 0.15) is 39.0 Å². The van der Waals surface area contributed by atoms with E-state index in [-0.39, 0.29) is 36.9 Å². The summed E-state index contributed by atoms with van der Waals surface area (Å²) in [6.45, 7) is 2.21. The van der Waals surface area contributed by atoms with E-state index >= 15 is 0 Å². The zero-order chi connectivity index (χ0) is 19.7. The molecule has 148 valence electrons. The summed E-state index contributed by atoms with van der Waals surface area (Å²) in [5.74, 6) is -2.91. The normalized spacial score (nSPS) is 19.9. The van der Waals surface area contributed by atoms with Crippen molar-refractivity contribution in [1.82, 2.24) is 10.6 Å². The molecule has 8 N–H and O–H groups in total. The number of carbonyl (C=O) groups excluding carboxylic acids is 1. The Bertz CT molecular complexity index is 576. The molecule has 0 atom stereocenters. The Morgan fingerprint density at radius 1 is 1.31 bits per heavy atom. The molecule has 1 fully saturated rings. The number of nitrogens with one attached hydrogen (secondary N) is 2. The molecule has 0 aromatic heterocycles. The lowest BCUT2D eigenvalue weighted by molar-refractivity contribution is -0.116. The number of nitrogens with two attached hydrogens (primary N) is 3. The molecule has 0 aromatic carbocycles. The minimum absolute atomic E-state index is 0.0216. The van der Waals surface area contributed by atoms with Crippen LogP contribution >= 0.6 is 0 Å². The third-order valence-corrected chi connectivity index (χ3v) is 4.35. The zero-order valence-corrected chi connectivity index (χ0v) is 15.4. The summed E-state index contributed by atoms with van der Waals surface area (Å²) >= 11 is 0. The maximum Gasteiger partial charge on any atom is 0.273 e. The minimum atomic E-state index is -2.57. The molecule has 0 radical (unpaired) electrons. The van der Waals surface area contributed by atoms with Gasteiger partial charge in [0, 0.05) is 44.6 Å².